The van der Waals surface area contributed by atoms with E-state index >= 15 is 0 Å². The van der Waals surface area contributed by atoms with Gasteiger partial charge in [-0.15, -0.1) is 0 Å². The molecule has 3 N–H and O–H groups in total. The fraction of sp³-hybridized carbons (Fsp3) is 0.400. The first kappa shape index (κ1) is 26.7. The molecule has 0 amide bonds. The Kier molecular flexibility index (Phi) is 10.3. The summed E-state index contributed by atoms with van der Waals surface area (Å²) in [6, 6.07) is 10.7. The monoisotopic (exact) mass is 472 g/mol. The van der Waals surface area contributed by atoms with Crippen molar-refractivity contribution in [1.82, 2.24) is 5.32 Å². The number of carboxylic acid groups (broad SMARTS) is 1. The molecule has 2 rings (SSSR count). The van der Waals surface area contributed by atoms with Crippen LogP contribution in [-0.4, -0.2) is 62.8 Å². The van der Waals surface area contributed by atoms with Crippen LogP contribution in [0.5, 0.6) is 11.5 Å². The van der Waals surface area contributed by atoms with Crippen molar-refractivity contribution >= 4 is 23.4 Å². The molecule has 0 aliphatic heterocycles. The van der Waals surface area contributed by atoms with Crippen LogP contribution in [-0.2, 0) is 20.7 Å². The highest BCUT2D eigenvalue weighted by molar-refractivity contribution is 6.06. The molecule has 2 aromatic carbocycles. The van der Waals surface area contributed by atoms with Crippen LogP contribution in [0.1, 0.15) is 35.7 Å². The van der Waals surface area contributed by atoms with Crippen molar-refractivity contribution in [3.63, 3.8) is 0 Å². The molecule has 0 saturated carbocycles. The second-order valence-electron chi connectivity index (χ2n) is 7.73. The molecule has 0 radical (unpaired) electrons. The van der Waals surface area contributed by atoms with Crippen LogP contribution < -0.4 is 20.1 Å². The first-order valence-electron chi connectivity index (χ1n) is 10.9. The third-order valence-corrected chi connectivity index (χ3v) is 5.26. The van der Waals surface area contributed by atoms with Crippen molar-refractivity contribution in [1.29, 1.82) is 0 Å². The minimum atomic E-state index is -1.09. The number of carbonyl (C=O) groups excluding carboxylic acids is 2. The zero-order chi connectivity index (χ0) is 25.1. The molecule has 2 aromatic rings. The maximum atomic E-state index is 13.2. The molecule has 0 fully saturated rings. The third kappa shape index (κ3) is 7.77. The summed E-state index contributed by atoms with van der Waals surface area (Å²) in [6.07, 6.45) is 0.981. The number of anilines is 1. The van der Waals surface area contributed by atoms with Crippen molar-refractivity contribution in [3.05, 3.63) is 53.6 Å². The van der Waals surface area contributed by atoms with Crippen LogP contribution in [0.3, 0.4) is 0 Å². The van der Waals surface area contributed by atoms with Crippen molar-refractivity contribution in [3.8, 4) is 11.5 Å². The summed E-state index contributed by atoms with van der Waals surface area (Å²) in [7, 11) is 4.45. The smallest absolute Gasteiger partial charge is 0.327 e. The fourth-order valence-corrected chi connectivity index (χ4v) is 3.49. The Morgan fingerprint density at radius 3 is 2.24 bits per heavy atom. The molecule has 0 saturated heterocycles. The van der Waals surface area contributed by atoms with Gasteiger partial charge >= 0.3 is 11.9 Å². The van der Waals surface area contributed by atoms with Gasteiger partial charge in [0.1, 0.15) is 17.5 Å². The largest absolute Gasteiger partial charge is 0.497 e. The second kappa shape index (κ2) is 13.2. The molecule has 9 heteroatoms. The Labute approximate surface area is 199 Å². The summed E-state index contributed by atoms with van der Waals surface area (Å²) in [4.78, 5) is 36.4. The standard InChI is InChI=1S/C25H32N2O7/c1-16(25(31)34-4)27-21-10-6-5-9-20(21)24(30)22(15-23(28)29)26-11-7-8-17-12-18(32-2)14-19(13-17)33-3/h5-6,9-10,12-14,16,22,26-27H,7-8,11,15H2,1-4H3,(H,28,29)/t16?,22-/m0/s1. The van der Waals surface area contributed by atoms with Crippen molar-refractivity contribution in [2.45, 2.75) is 38.3 Å². The molecule has 184 valence electrons. The third-order valence-electron chi connectivity index (χ3n) is 5.26. The van der Waals surface area contributed by atoms with Gasteiger partial charge in [0.25, 0.3) is 0 Å². The average molecular weight is 473 g/mol. The Balaban J connectivity index is 2.08. The van der Waals surface area contributed by atoms with Crippen LogP contribution in [0.25, 0.3) is 0 Å². The summed E-state index contributed by atoms with van der Waals surface area (Å²) in [6.45, 7) is 2.05. The van der Waals surface area contributed by atoms with Gasteiger partial charge in [-0.05, 0) is 56.1 Å². The molecule has 9 nitrogen and oxygen atoms in total. The molecule has 0 spiro atoms. The zero-order valence-corrected chi connectivity index (χ0v) is 19.9. The lowest BCUT2D eigenvalue weighted by atomic mass is 9.99. The van der Waals surface area contributed by atoms with E-state index < -0.39 is 24.0 Å². The topological polar surface area (TPSA) is 123 Å². The molecule has 2 atom stereocenters. The van der Waals surface area contributed by atoms with Gasteiger partial charge in [-0.2, -0.15) is 0 Å². The Bertz CT molecular complexity index is 971. The summed E-state index contributed by atoms with van der Waals surface area (Å²) < 4.78 is 15.3. The highest BCUT2D eigenvalue weighted by atomic mass is 16.5. The van der Waals surface area contributed by atoms with E-state index in [0.717, 1.165) is 5.56 Å². The van der Waals surface area contributed by atoms with Crippen LogP contribution in [0.2, 0.25) is 0 Å². The number of aliphatic carboxylic acids is 1. The van der Waals surface area contributed by atoms with Gasteiger partial charge < -0.3 is 30.0 Å². The number of Topliss-reactive ketones (excluding diaryl/α,β-unsaturated/α-hetero) is 1. The van der Waals surface area contributed by atoms with E-state index in [-0.39, 0.29) is 12.2 Å². The van der Waals surface area contributed by atoms with Crippen molar-refractivity contribution < 1.29 is 33.7 Å². The number of nitrogens with one attached hydrogen (secondary N) is 2. The van der Waals surface area contributed by atoms with Crippen LogP contribution in [0.15, 0.2) is 42.5 Å². The number of hydrogen-bond donors (Lipinski definition) is 3. The number of carbonyl (C=O) groups is 3. The molecule has 0 aromatic heterocycles. The molecular weight excluding hydrogens is 440 g/mol. The van der Waals surface area contributed by atoms with Crippen molar-refractivity contribution in [2.24, 2.45) is 0 Å². The van der Waals surface area contributed by atoms with E-state index in [1.165, 1.54) is 7.11 Å². The van der Waals surface area contributed by atoms with E-state index in [1.54, 1.807) is 51.5 Å². The lowest BCUT2D eigenvalue weighted by Crippen LogP contribution is -2.40. The Morgan fingerprint density at radius 2 is 1.65 bits per heavy atom. The van der Waals surface area contributed by atoms with Gasteiger partial charge in [0.15, 0.2) is 5.78 Å². The van der Waals surface area contributed by atoms with Gasteiger partial charge in [-0.1, -0.05) is 12.1 Å². The van der Waals surface area contributed by atoms with Gasteiger partial charge in [-0.3, -0.25) is 9.59 Å². The minimum Gasteiger partial charge on any atom is -0.497 e. The van der Waals surface area contributed by atoms with E-state index in [2.05, 4.69) is 10.6 Å². The van der Waals surface area contributed by atoms with Crippen LogP contribution in [0, 0.1) is 0 Å². The summed E-state index contributed by atoms with van der Waals surface area (Å²) in [5, 5.41) is 15.4. The maximum absolute atomic E-state index is 13.2. The maximum Gasteiger partial charge on any atom is 0.327 e. The summed E-state index contributed by atoms with van der Waals surface area (Å²) >= 11 is 0. The molecule has 0 aliphatic rings. The number of benzene rings is 2. The number of hydrogen-bond acceptors (Lipinski definition) is 8. The molecule has 0 bridgehead atoms. The van der Waals surface area contributed by atoms with E-state index in [0.29, 0.717) is 42.1 Å². The first-order chi connectivity index (χ1) is 16.3. The minimum absolute atomic E-state index is 0.300. The number of methoxy groups -OCH3 is 3. The summed E-state index contributed by atoms with van der Waals surface area (Å²) in [5.41, 5.74) is 1.74. The van der Waals surface area contributed by atoms with Gasteiger partial charge in [0.05, 0.1) is 33.8 Å². The number of rotatable bonds is 14. The Hall–Kier alpha value is -3.59. The number of carboxylic acids is 1. The predicted molar refractivity (Wildman–Crippen MR) is 128 cm³/mol. The normalized spacial score (nSPS) is 12.4. The van der Waals surface area contributed by atoms with Crippen molar-refractivity contribution in [2.75, 3.05) is 33.2 Å². The molecule has 0 aliphatic carbocycles. The average Bonchev–Trinajstić information content (AvgIpc) is 2.84. The SMILES string of the molecule is COC(=O)C(C)Nc1ccccc1C(=O)[C@H](CC(=O)O)NCCCc1cc(OC)cc(OC)c1. The van der Waals surface area contributed by atoms with Crippen LogP contribution >= 0.6 is 0 Å². The Morgan fingerprint density at radius 1 is 1.00 bits per heavy atom. The lowest BCUT2D eigenvalue weighted by Gasteiger charge is -2.20. The van der Waals surface area contributed by atoms with E-state index in [9.17, 15) is 19.5 Å². The fourth-order valence-electron chi connectivity index (χ4n) is 3.49. The summed E-state index contributed by atoms with van der Waals surface area (Å²) in [5.74, 6) is -0.558. The molecule has 1 unspecified atom stereocenters. The molecule has 0 heterocycles. The van der Waals surface area contributed by atoms with E-state index in [4.69, 9.17) is 14.2 Å². The van der Waals surface area contributed by atoms with E-state index in [1.807, 2.05) is 12.1 Å². The molecular formula is C25H32N2O7. The quantitative estimate of drug-likeness (QED) is 0.216. The van der Waals surface area contributed by atoms with Gasteiger partial charge in [0.2, 0.25) is 0 Å². The number of aryl methyl sites for hydroxylation is 1. The number of para-hydroxylation sites is 1. The number of ether oxygens (including phenoxy) is 3. The van der Waals surface area contributed by atoms with Crippen LogP contribution in [0.4, 0.5) is 5.69 Å². The van der Waals surface area contributed by atoms with Gasteiger partial charge in [0, 0.05) is 17.3 Å². The number of ketones is 1. The number of esters is 1. The highest BCUT2D eigenvalue weighted by Crippen LogP contribution is 2.23. The molecule has 34 heavy (non-hydrogen) atoms. The lowest BCUT2D eigenvalue weighted by molar-refractivity contribution is -0.141. The second-order valence-corrected chi connectivity index (χ2v) is 7.73. The predicted octanol–water partition coefficient (Wildman–Crippen LogP) is 2.93. The zero-order valence-electron chi connectivity index (χ0n) is 19.9. The highest BCUT2D eigenvalue weighted by Gasteiger charge is 2.25. The van der Waals surface area contributed by atoms with Gasteiger partial charge in [-0.25, -0.2) is 4.79 Å². The first-order valence-corrected chi connectivity index (χ1v) is 10.9.